The number of nitrogens with one attached hydrogen (secondary N) is 1. The van der Waals surface area contributed by atoms with Crippen molar-refractivity contribution in [2.45, 2.75) is 19.9 Å². The first-order valence-corrected chi connectivity index (χ1v) is 7.87. The van der Waals surface area contributed by atoms with E-state index < -0.39 is 5.92 Å². The van der Waals surface area contributed by atoms with Crippen molar-refractivity contribution >= 4 is 23.3 Å². The van der Waals surface area contributed by atoms with Crippen LogP contribution in [0.3, 0.4) is 0 Å². The summed E-state index contributed by atoms with van der Waals surface area (Å²) in [4.78, 5) is 12.1. The number of benzene rings is 2. The van der Waals surface area contributed by atoms with Gasteiger partial charge >= 0.3 is 5.97 Å². The quantitative estimate of drug-likeness (QED) is 0.607. The SMILES string of the molecule is CCOC(=O)[C@@H](C)C(Nc1ccccc1O)c1ccc(Cl)cc1. The molecular formula is C18H20ClNO3. The number of para-hydroxylation sites is 2. The Hall–Kier alpha value is -2.20. The lowest BCUT2D eigenvalue weighted by molar-refractivity contribution is -0.147. The summed E-state index contributed by atoms with van der Waals surface area (Å²) in [6.45, 7) is 3.90. The van der Waals surface area contributed by atoms with Crippen molar-refractivity contribution in [3.05, 3.63) is 59.1 Å². The van der Waals surface area contributed by atoms with Crippen molar-refractivity contribution in [1.82, 2.24) is 0 Å². The summed E-state index contributed by atoms with van der Waals surface area (Å²) in [6, 6.07) is 13.8. The highest BCUT2D eigenvalue weighted by atomic mass is 35.5. The fourth-order valence-corrected chi connectivity index (χ4v) is 2.47. The molecule has 1 unspecified atom stereocenters. The molecule has 2 atom stereocenters. The number of halogens is 1. The fourth-order valence-electron chi connectivity index (χ4n) is 2.34. The summed E-state index contributed by atoms with van der Waals surface area (Å²) >= 11 is 5.94. The number of ether oxygens (including phenoxy) is 1. The average Bonchev–Trinajstić information content (AvgIpc) is 2.55. The molecule has 2 aromatic rings. The van der Waals surface area contributed by atoms with Crippen LogP contribution in [0.2, 0.25) is 5.02 Å². The molecule has 0 aliphatic carbocycles. The molecular weight excluding hydrogens is 314 g/mol. The van der Waals surface area contributed by atoms with Gasteiger partial charge < -0.3 is 15.2 Å². The lowest BCUT2D eigenvalue weighted by atomic mass is 9.94. The summed E-state index contributed by atoms with van der Waals surface area (Å²) in [6.07, 6.45) is 0. The van der Waals surface area contributed by atoms with E-state index >= 15 is 0 Å². The van der Waals surface area contributed by atoms with Crippen molar-refractivity contribution in [3.63, 3.8) is 0 Å². The van der Waals surface area contributed by atoms with E-state index in [4.69, 9.17) is 16.3 Å². The van der Waals surface area contributed by atoms with E-state index in [1.54, 1.807) is 44.2 Å². The molecule has 2 rings (SSSR count). The number of phenolic OH excluding ortho intramolecular Hbond substituents is 1. The van der Waals surface area contributed by atoms with Gasteiger partial charge in [0.25, 0.3) is 0 Å². The van der Waals surface area contributed by atoms with Crippen LogP contribution in [0.15, 0.2) is 48.5 Å². The van der Waals surface area contributed by atoms with Crippen LogP contribution in [-0.4, -0.2) is 17.7 Å². The van der Waals surface area contributed by atoms with Gasteiger partial charge in [-0.25, -0.2) is 0 Å². The molecule has 0 saturated carbocycles. The molecule has 5 heteroatoms. The van der Waals surface area contributed by atoms with Gasteiger partial charge in [0, 0.05) is 5.02 Å². The maximum atomic E-state index is 12.1. The van der Waals surface area contributed by atoms with Crippen molar-refractivity contribution in [3.8, 4) is 5.75 Å². The van der Waals surface area contributed by atoms with E-state index in [1.165, 1.54) is 0 Å². The number of hydrogen-bond acceptors (Lipinski definition) is 4. The minimum atomic E-state index is -0.435. The Kier molecular flexibility index (Phi) is 5.88. The van der Waals surface area contributed by atoms with Crippen LogP contribution in [-0.2, 0) is 9.53 Å². The summed E-state index contributed by atoms with van der Waals surface area (Å²) in [5.74, 6) is -0.603. The largest absolute Gasteiger partial charge is 0.506 e. The molecule has 23 heavy (non-hydrogen) atoms. The Morgan fingerprint density at radius 2 is 1.87 bits per heavy atom. The summed E-state index contributed by atoms with van der Waals surface area (Å²) in [7, 11) is 0. The molecule has 0 bridgehead atoms. The highest BCUT2D eigenvalue weighted by molar-refractivity contribution is 6.30. The molecule has 0 aliphatic heterocycles. The number of anilines is 1. The Labute approximate surface area is 141 Å². The minimum absolute atomic E-state index is 0.127. The molecule has 0 aliphatic rings. The second-order valence-electron chi connectivity index (χ2n) is 5.23. The smallest absolute Gasteiger partial charge is 0.311 e. The lowest BCUT2D eigenvalue weighted by Gasteiger charge is -2.25. The van der Waals surface area contributed by atoms with E-state index in [1.807, 2.05) is 18.2 Å². The Balaban J connectivity index is 2.32. The fraction of sp³-hybridized carbons (Fsp3) is 0.278. The molecule has 0 heterocycles. The van der Waals surface area contributed by atoms with Crippen LogP contribution in [0.25, 0.3) is 0 Å². The number of carbonyl (C=O) groups excluding carboxylic acids is 1. The van der Waals surface area contributed by atoms with Crippen molar-refractivity contribution in [1.29, 1.82) is 0 Å². The third-order valence-corrected chi connectivity index (χ3v) is 3.85. The van der Waals surface area contributed by atoms with Crippen molar-refractivity contribution in [2.75, 3.05) is 11.9 Å². The normalized spacial score (nSPS) is 13.2. The number of aromatic hydroxyl groups is 1. The minimum Gasteiger partial charge on any atom is -0.506 e. The maximum absolute atomic E-state index is 12.1. The van der Waals surface area contributed by atoms with Gasteiger partial charge in [-0.15, -0.1) is 0 Å². The summed E-state index contributed by atoms with van der Waals surface area (Å²) in [5, 5.41) is 13.8. The maximum Gasteiger partial charge on any atom is 0.311 e. The highest BCUT2D eigenvalue weighted by Crippen LogP contribution is 2.32. The predicted octanol–water partition coefficient (Wildman–Crippen LogP) is 4.40. The number of hydrogen-bond donors (Lipinski definition) is 2. The van der Waals surface area contributed by atoms with Gasteiger partial charge in [0.15, 0.2) is 0 Å². The Morgan fingerprint density at radius 3 is 2.48 bits per heavy atom. The molecule has 4 nitrogen and oxygen atoms in total. The van der Waals surface area contributed by atoms with Gasteiger partial charge in [-0.05, 0) is 43.7 Å². The van der Waals surface area contributed by atoms with Gasteiger partial charge in [0.1, 0.15) is 5.75 Å². The van der Waals surface area contributed by atoms with E-state index in [0.717, 1.165) is 5.56 Å². The highest BCUT2D eigenvalue weighted by Gasteiger charge is 2.27. The van der Waals surface area contributed by atoms with E-state index in [2.05, 4.69) is 5.32 Å². The monoisotopic (exact) mass is 333 g/mol. The number of rotatable bonds is 6. The summed E-state index contributed by atoms with van der Waals surface area (Å²) < 4.78 is 5.13. The van der Waals surface area contributed by atoms with Crippen LogP contribution in [0.5, 0.6) is 5.75 Å². The van der Waals surface area contributed by atoms with E-state index in [9.17, 15) is 9.90 Å². The molecule has 0 radical (unpaired) electrons. The van der Waals surface area contributed by atoms with Crippen LogP contribution in [0, 0.1) is 5.92 Å². The van der Waals surface area contributed by atoms with Crippen molar-refractivity contribution < 1.29 is 14.6 Å². The van der Waals surface area contributed by atoms with E-state index in [0.29, 0.717) is 17.3 Å². The topological polar surface area (TPSA) is 58.6 Å². The second-order valence-corrected chi connectivity index (χ2v) is 5.67. The molecule has 0 saturated heterocycles. The van der Waals surface area contributed by atoms with Crippen LogP contribution < -0.4 is 5.32 Å². The van der Waals surface area contributed by atoms with Crippen LogP contribution in [0.4, 0.5) is 5.69 Å². The zero-order valence-corrected chi connectivity index (χ0v) is 13.9. The third kappa shape index (κ3) is 4.39. The zero-order valence-electron chi connectivity index (χ0n) is 13.1. The molecule has 0 aromatic heterocycles. The number of esters is 1. The number of phenols is 1. The van der Waals surface area contributed by atoms with Gasteiger partial charge in [0.05, 0.1) is 24.3 Å². The predicted molar refractivity (Wildman–Crippen MR) is 91.7 cm³/mol. The standard InChI is InChI=1S/C18H20ClNO3/c1-3-23-18(22)12(2)17(13-8-10-14(19)11-9-13)20-15-6-4-5-7-16(15)21/h4-12,17,20-21H,3H2,1-2H3/t12-,17?/m0/s1. The lowest BCUT2D eigenvalue weighted by Crippen LogP contribution is -2.27. The van der Waals surface area contributed by atoms with Crippen molar-refractivity contribution in [2.24, 2.45) is 5.92 Å². The Morgan fingerprint density at radius 1 is 1.22 bits per heavy atom. The van der Waals surface area contributed by atoms with Gasteiger partial charge in [-0.1, -0.05) is 35.9 Å². The molecule has 0 fully saturated rings. The molecule has 122 valence electrons. The first kappa shape index (κ1) is 17.2. The van der Waals surface area contributed by atoms with Crippen LogP contribution >= 0.6 is 11.6 Å². The Bertz CT molecular complexity index is 658. The summed E-state index contributed by atoms with van der Waals surface area (Å²) in [5.41, 5.74) is 1.45. The van der Waals surface area contributed by atoms with Gasteiger partial charge in [-0.2, -0.15) is 0 Å². The first-order chi connectivity index (χ1) is 11.0. The third-order valence-electron chi connectivity index (χ3n) is 3.60. The van der Waals surface area contributed by atoms with Gasteiger partial charge in [-0.3, -0.25) is 4.79 Å². The first-order valence-electron chi connectivity index (χ1n) is 7.49. The molecule has 2 N–H and O–H groups in total. The van der Waals surface area contributed by atoms with Crippen LogP contribution in [0.1, 0.15) is 25.5 Å². The van der Waals surface area contributed by atoms with Gasteiger partial charge in [0.2, 0.25) is 0 Å². The zero-order chi connectivity index (χ0) is 16.8. The molecule has 2 aromatic carbocycles. The number of carbonyl (C=O) groups is 1. The molecule has 0 spiro atoms. The average molecular weight is 334 g/mol. The van der Waals surface area contributed by atoms with E-state index in [-0.39, 0.29) is 17.8 Å². The molecule has 0 amide bonds. The second kappa shape index (κ2) is 7.88.